The van der Waals surface area contributed by atoms with E-state index in [0.29, 0.717) is 0 Å². The molecule has 124 valence electrons. The van der Waals surface area contributed by atoms with Gasteiger partial charge in [0.05, 0.1) is 18.2 Å². The predicted octanol–water partition coefficient (Wildman–Crippen LogP) is 3.87. The quantitative estimate of drug-likeness (QED) is 0.767. The monoisotopic (exact) mass is 339 g/mol. The van der Waals surface area contributed by atoms with E-state index in [1.54, 1.807) is 0 Å². The van der Waals surface area contributed by atoms with Gasteiger partial charge >= 0.3 is 0 Å². The van der Waals surface area contributed by atoms with Gasteiger partial charge in [0.15, 0.2) is 0 Å². The number of primary amides is 1. The first-order valence-corrected chi connectivity index (χ1v) is 8.81. The molecule has 3 aromatic rings. The van der Waals surface area contributed by atoms with Crippen molar-refractivity contribution in [2.24, 2.45) is 5.73 Å². The second-order valence-electron chi connectivity index (χ2n) is 6.01. The van der Waals surface area contributed by atoms with Crippen LogP contribution in [0, 0.1) is 13.8 Å². The Morgan fingerprint density at radius 2 is 2.00 bits per heavy atom. The molecule has 0 bridgehead atoms. The summed E-state index contributed by atoms with van der Waals surface area (Å²) in [4.78, 5) is 15.6. The Morgan fingerprint density at radius 3 is 2.67 bits per heavy atom. The van der Waals surface area contributed by atoms with Crippen LogP contribution in [0.4, 0.5) is 0 Å². The molecule has 0 aliphatic heterocycles. The average molecular weight is 339 g/mol. The lowest BCUT2D eigenvalue weighted by Gasteiger charge is -2.19. The van der Waals surface area contributed by atoms with Crippen molar-refractivity contribution in [1.82, 2.24) is 9.55 Å². The summed E-state index contributed by atoms with van der Waals surface area (Å²) in [6, 6.07) is 12.9. The number of nitrogens with zero attached hydrogens (tertiary/aromatic N) is 2. The van der Waals surface area contributed by atoms with Gasteiger partial charge in [-0.1, -0.05) is 30.3 Å². The summed E-state index contributed by atoms with van der Waals surface area (Å²) in [5.41, 5.74) is 10.9. The standard InChI is InChI=1S/C19H21N3OS/c1-12-9-16(17-11-24-19(21-17)10-18(20)23)14(3)22(12)13(2)15-7-5-4-6-8-15/h4-9,11,13H,10H2,1-3H3,(H2,20,23)/t13-/m0/s1. The maximum absolute atomic E-state index is 11.1. The topological polar surface area (TPSA) is 60.9 Å². The zero-order chi connectivity index (χ0) is 17.3. The molecule has 2 heterocycles. The van der Waals surface area contributed by atoms with E-state index in [1.165, 1.54) is 28.3 Å². The highest BCUT2D eigenvalue weighted by atomic mass is 32.1. The fraction of sp³-hybridized carbons (Fsp3) is 0.263. The van der Waals surface area contributed by atoms with Crippen LogP contribution in [0.1, 0.15) is 34.9 Å². The smallest absolute Gasteiger partial charge is 0.224 e. The van der Waals surface area contributed by atoms with Gasteiger partial charge < -0.3 is 10.3 Å². The predicted molar refractivity (Wildman–Crippen MR) is 98.2 cm³/mol. The molecule has 1 atom stereocenters. The van der Waals surface area contributed by atoms with Gasteiger partial charge in [0.1, 0.15) is 5.01 Å². The highest BCUT2D eigenvalue weighted by Gasteiger charge is 2.18. The second kappa shape index (κ2) is 6.61. The van der Waals surface area contributed by atoms with Crippen molar-refractivity contribution in [2.45, 2.75) is 33.2 Å². The Hall–Kier alpha value is -2.40. The molecule has 5 heteroatoms. The minimum absolute atomic E-state index is 0.198. The summed E-state index contributed by atoms with van der Waals surface area (Å²) in [5, 5.41) is 2.76. The molecule has 0 saturated carbocycles. The zero-order valence-corrected chi connectivity index (χ0v) is 14.9. The van der Waals surface area contributed by atoms with Crippen LogP contribution >= 0.6 is 11.3 Å². The van der Waals surface area contributed by atoms with Crippen molar-refractivity contribution >= 4 is 17.2 Å². The Morgan fingerprint density at radius 1 is 1.29 bits per heavy atom. The molecule has 1 aromatic carbocycles. The Balaban J connectivity index is 1.97. The summed E-state index contributed by atoms with van der Waals surface area (Å²) in [6.07, 6.45) is 0.198. The summed E-state index contributed by atoms with van der Waals surface area (Å²) in [6.45, 7) is 6.44. The van der Waals surface area contributed by atoms with Gasteiger partial charge in [0.25, 0.3) is 0 Å². The highest BCUT2D eigenvalue weighted by molar-refractivity contribution is 7.10. The van der Waals surface area contributed by atoms with E-state index in [4.69, 9.17) is 5.73 Å². The molecule has 0 saturated heterocycles. The molecule has 0 aliphatic rings. The Bertz CT molecular complexity index is 864. The number of rotatable bonds is 5. The van der Waals surface area contributed by atoms with Crippen LogP contribution in [0.3, 0.4) is 0 Å². The fourth-order valence-electron chi connectivity index (χ4n) is 3.18. The van der Waals surface area contributed by atoms with Crippen molar-refractivity contribution < 1.29 is 4.79 Å². The van der Waals surface area contributed by atoms with Crippen LogP contribution in [-0.4, -0.2) is 15.5 Å². The van der Waals surface area contributed by atoms with Gasteiger partial charge in [0.2, 0.25) is 5.91 Å². The van der Waals surface area contributed by atoms with E-state index in [0.717, 1.165) is 16.3 Å². The van der Waals surface area contributed by atoms with Crippen LogP contribution in [0.2, 0.25) is 0 Å². The molecule has 0 unspecified atom stereocenters. The van der Waals surface area contributed by atoms with Crippen LogP contribution in [0.5, 0.6) is 0 Å². The SMILES string of the molecule is Cc1cc(-c2csc(CC(N)=O)n2)c(C)n1[C@@H](C)c1ccccc1. The third kappa shape index (κ3) is 3.12. The lowest BCUT2D eigenvalue weighted by Crippen LogP contribution is -2.13. The lowest BCUT2D eigenvalue weighted by molar-refractivity contribution is -0.117. The molecule has 24 heavy (non-hydrogen) atoms. The largest absolute Gasteiger partial charge is 0.369 e. The number of thiazole rings is 1. The molecule has 2 N–H and O–H groups in total. The molecule has 0 spiro atoms. The van der Waals surface area contributed by atoms with Crippen molar-refractivity contribution in [2.75, 3.05) is 0 Å². The van der Waals surface area contributed by atoms with Crippen LogP contribution in [0.25, 0.3) is 11.3 Å². The van der Waals surface area contributed by atoms with Gasteiger partial charge in [-0.3, -0.25) is 4.79 Å². The number of aryl methyl sites for hydroxylation is 1. The molecule has 0 aliphatic carbocycles. The number of aromatic nitrogens is 2. The van der Waals surface area contributed by atoms with Gasteiger partial charge in [-0.2, -0.15) is 0 Å². The minimum Gasteiger partial charge on any atom is -0.369 e. The maximum Gasteiger partial charge on any atom is 0.224 e. The number of carbonyl (C=O) groups is 1. The molecular formula is C19H21N3OS. The highest BCUT2D eigenvalue weighted by Crippen LogP contribution is 2.32. The van der Waals surface area contributed by atoms with Crippen LogP contribution in [0.15, 0.2) is 41.8 Å². The first kappa shape index (κ1) is 16.5. The lowest BCUT2D eigenvalue weighted by atomic mass is 10.1. The third-order valence-electron chi connectivity index (χ3n) is 4.31. The van der Waals surface area contributed by atoms with Crippen molar-refractivity contribution in [3.63, 3.8) is 0 Å². The number of hydrogen-bond donors (Lipinski definition) is 1. The average Bonchev–Trinajstić information content (AvgIpc) is 3.11. The van der Waals surface area contributed by atoms with Gasteiger partial charge in [-0.15, -0.1) is 11.3 Å². The number of carbonyl (C=O) groups excluding carboxylic acids is 1. The number of hydrogen-bond acceptors (Lipinski definition) is 3. The molecular weight excluding hydrogens is 318 g/mol. The molecule has 0 fully saturated rings. The van der Waals surface area contributed by atoms with E-state index in [9.17, 15) is 4.79 Å². The number of amides is 1. The summed E-state index contributed by atoms with van der Waals surface area (Å²) in [5.74, 6) is -0.348. The van der Waals surface area contributed by atoms with E-state index in [1.807, 2.05) is 11.4 Å². The minimum atomic E-state index is -0.348. The Kier molecular flexibility index (Phi) is 4.53. The zero-order valence-electron chi connectivity index (χ0n) is 14.1. The number of nitrogens with two attached hydrogens (primary N) is 1. The summed E-state index contributed by atoms with van der Waals surface area (Å²) < 4.78 is 2.33. The molecule has 1 amide bonds. The summed E-state index contributed by atoms with van der Waals surface area (Å²) >= 11 is 1.48. The number of benzene rings is 1. The molecule has 4 nitrogen and oxygen atoms in total. The molecule has 3 rings (SSSR count). The summed E-state index contributed by atoms with van der Waals surface area (Å²) in [7, 11) is 0. The maximum atomic E-state index is 11.1. The van der Waals surface area contributed by atoms with Crippen molar-refractivity contribution in [1.29, 1.82) is 0 Å². The van der Waals surface area contributed by atoms with Gasteiger partial charge in [-0.05, 0) is 32.4 Å². The molecule has 0 radical (unpaired) electrons. The third-order valence-corrected chi connectivity index (χ3v) is 5.16. The second-order valence-corrected chi connectivity index (χ2v) is 6.95. The van der Waals surface area contributed by atoms with Crippen molar-refractivity contribution in [3.05, 3.63) is 63.7 Å². The fourth-order valence-corrected chi connectivity index (χ4v) is 3.98. The first-order valence-electron chi connectivity index (χ1n) is 7.94. The van der Waals surface area contributed by atoms with Gasteiger partial charge in [-0.25, -0.2) is 4.98 Å². The van der Waals surface area contributed by atoms with Crippen molar-refractivity contribution in [3.8, 4) is 11.3 Å². The van der Waals surface area contributed by atoms with Gasteiger partial charge in [0, 0.05) is 22.3 Å². The van der Waals surface area contributed by atoms with E-state index in [2.05, 4.69) is 60.7 Å². The van der Waals surface area contributed by atoms with E-state index in [-0.39, 0.29) is 18.4 Å². The van der Waals surface area contributed by atoms with Crippen LogP contribution < -0.4 is 5.73 Å². The van der Waals surface area contributed by atoms with E-state index >= 15 is 0 Å². The first-order chi connectivity index (χ1) is 11.5. The van der Waals surface area contributed by atoms with Crippen LogP contribution in [-0.2, 0) is 11.2 Å². The van der Waals surface area contributed by atoms with E-state index < -0.39 is 0 Å². The molecule has 2 aromatic heterocycles. The Labute approximate surface area is 146 Å². The normalized spacial score (nSPS) is 12.3.